The zero-order valence-electron chi connectivity index (χ0n) is 11.7. The van der Waals surface area contributed by atoms with Crippen LogP contribution < -0.4 is 16.6 Å². The number of hydrogen-bond acceptors (Lipinski definition) is 4. The van der Waals surface area contributed by atoms with E-state index in [0.29, 0.717) is 11.4 Å². The second-order valence-corrected chi connectivity index (χ2v) is 4.52. The first kappa shape index (κ1) is 14.9. The fraction of sp³-hybridized carbons (Fsp3) is 0.286. The number of aryl methyl sites for hydroxylation is 2. The summed E-state index contributed by atoms with van der Waals surface area (Å²) in [5.41, 5.74) is 6.26. The number of amides is 1. The standard InChI is InChI=1S/C14H20N4O/c1-8-5-6-12(7-9(8)2)17-14(19)13(10(3)15)11(4)18-16/h5-7,15,18H,16H2,1-4H3,(H,17,19)/b13-11-,15-10?. The molecule has 19 heavy (non-hydrogen) atoms. The lowest BCUT2D eigenvalue weighted by Crippen LogP contribution is -2.28. The molecule has 102 valence electrons. The van der Waals surface area contributed by atoms with Gasteiger partial charge in [0.2, 0.25) is 0 Å². The molecule has 1 rings (SSSR count). The van der Waals surface area contributed by atoms with Crippen LogP contribution in [-0.4, -0.2) is 11.6 Å². The zero-order valence-corrected chi connectivity index (χ0v) is 11.7. The van der Waals surface area contributed by atoms with Crippen LogP contribution in [-0.2, 0) is 4.79 Å². The minimum Gasteiger partial charge on any atom is -0.328 e. The second kappa shape index (κ2) is 6.15. The first-order chi connectivity index (χ1) is 8.86. The van der Waals surface area contributed by atoms with E-state index in [-0.39, 0.29) is 17.2 Å². The molecule has 1 aromatic rings. The van der Waals surface area contributed by atoms with Crippen LogP contribution in [0.1, 0.15) is 25.0 Å². The van der Waals surface area contributed by atoms with Crippen LogP contribution in [0.15, 0.2) is 29.5 Å². The number of nitrogens with one attached hydrogen (secondary N) is 3. The highest BCUT2D eigenvalue weighted by Crippen LogP contribution is 2.15. The predicted octanol–water partition coefficient (Wildman–Crippen LogP) is 2.02. The lowest BCUT2D eigenvalue weighted by atomic mass is 10.1. The topological polar surface area (TPSA) is 91.0 Å². The van der Waals surface area contributed by atoms with Crippen LogP contribution >= 0.6 is 0 Å². The number of anilines is 1. The van der Waals surface area contributed by atoms with Crippen molar-refractivity contribution in [2.24, 2.45) is 5.84 Å². The Morgan fingerprint density at radius 2 is 1.84 bits per heavy atom. The molecular formula is C14H20N4O. The third-order valence-electron chi connectivity index (χ3n) is 2.96. The number of hydrazine groups is 1. The molecule has 5 nitrogen and oxygen atoms in total. The van der Waals surface area contributed by atoms with Crippen LogP contribution in [0.3, 0.4) is 0 Å². The molecule has 0 bridgehead atoms. The average molecular weight is 260 g/mol. The number of benzene rings is 1. The Morgan fingerprint density at radius 1 is 1.21 bits per heavy atom. The summed E-state index contributed by atoms with van der Waals surface area (Å²) >= 11 is 0. The summed E-state index contributed by atoms with van der Waals surface area (Å²) in [4.78, 5) is 12.1. The number of rotatable bonds is 4. The quantitative estimate of drug-likeness (QED) is 0.289. The Kier molecular flexibility index (Phi) is 4.83. The second-order valence-electron chi connectivity index (χ2n) is 4.52. The molecular weight excluding hydrogens is 240 g/mol. The summed E-state index contributed by atoms with van der Waals surface area (Å²) in [5, 5.41) is 10.4. The molecule has 0 aliphatic carbocycles. The molecule has 0 aliphatic heterocycles. The highest BCUT2D eigenvalue weighted by Gasteiger charge is 2.15. The van der Waals surface area contributed by atoms with Crippen molar-refractivity contribution in [1.82, 2.24) is 5.43 Å². The molecule has 0 radical (unpaired) electrons. The highest BCUT2D eigenvalue weighted by atomic mass is 16.1. The summed E-state index contributed by atoms with van der Waals surface area (Å²) in [7, 11) is 0. The molecule has 0 aliphatic rings. The smallest absolute Gasteiger partial charge is 0.259 e. The Balaban J connectivity index is 3.01. The first-order valence-electron chi connectivity index (χ1n) is 5.98. The minimum atomic E-state index is -0.341. The van der Waals surface area contributed by atoms with Crippen LogP contribution in [0.25, 0.3) is 0 Å². The van der Waals surface area contributed by atoms with Crippen LogP contribution in [0.2, 0.25) is 0 Å². The van der Waals surface area contributed by atoms with Crippen molar-refractivity contribution in [2.75, 3.05) is 5.32 Å². The van der Waals surface area contributed by atoms with Gasteiger partial charge >= 0.3 is 0 Å². The maximum absolute atomic E-state index is 12.1. The molecule has 1 aromatic carbocycles. The van der Waals surface area contributed by atoms with Crippen LogP contribution in [0.4, 0.5) is 5.69 Å². The van der Waals surface area contributed by atoms with Crippen LogP contribution in [0, 0.1) is 19.3 Å². The van der Waals surface area contributed by atoms with Gasteiger partial charge in [-0.15, -0.1) is 0 Å². The Bertz CT molecular complexity index is 546. The third-order valence-corrected chi connectivity index (χ3v) is 2.96. The normalized spacial score (nSPS) is 11.6. The maximum atomic E-state index is 12.1. The number of allylic oxidation sites excluding steroid dienone is 1. The molecule has 0 aromatic heterocycles. The van der Waals surface area contributed by atoms with Crippen LogP contribution in [0.5, 0.6) is 0 Å². The first-order valence-corrected chi connectivity index (χ1v) is 5.98. The molecule has 0 atom stereocenters. The number of carbonyl (C=O) groups is 1. The van der Waals surface area contributed by atoms with Crippen molar-refractivity contribution >= 4 is 17.3 Å². The monoisotopic (exact) mass is 260 g/mol. The van der Waals surface area contributed by atoms with E-state index in [2.05, 4.69) is 10.7 Å². The van der Waals surface area contributed by atoms with Gasteiger partial charge in [-0.3, -0.25) is 10.6 Å². The van der Waals surface area contributed by atoms with Crippen molar-refractivity contribution in [1.29, 1.82) is 5.41 Å². The van der Waals surface area contributed by atoms with Gasteiger partial charge in [0.1, 0.15) is 0 Å². The summed E-state index contributed by atoms with van der Waals surface area (Å²) in [6.07, 6.45) is 0. The molecule has 5 N–H and O–H groups in total. The highest BCUT2D eigenvalue weighted by molar-refractivity contribution is 6.24. The van der Waals surface area contributed by atoms with Gasteiger partial charge < -0.3 is 16.2 Å². The van der Waals surface area contributed by atoms with Gasteiger partial charge in [-0.1, -0.05) is 6.07 Å². The van der Waals surface area contributed by atoms with Crippen molar-refractivity contribution in [3.63, 3.8) is 0 Å². The van der Waals surface area contributed by atoms with Gasteiger partial charge in [0, 0.05) is 17.1 Å². The maximum Gasteiger partial charge on any atom is 0.259 e. The molecule has 0 spiro atoms. The van der Waals surface area contributed by atoms with E-state index in [1.807, 2.05) is 32.0 Å². The van der Waals surface area contributed by atoms with Crippen molar-refractivity contribution in [3.8, 4) is 0 Å². The Labute approximate surface area is 113 Å². The molecule has 5 heteroatoms. The van der Waals surface area contributed by atoms with Gasteiger partial charge in [0.05, 0.1) is 5.57 Å². The Hall–Kier alpha value is -2.14. The molecule has 0 fully saturated rings. The van der Waals surface area contributed by atoms with Gasteiger partial charge in [-0.05, 0) is 51.0 Å². The van der Waals surface area contributed by atoms with E-state index in [1.165, 1.54) is 0 Å². The van der Waals surface area contributed by atoms with Gasteiger partial charge in [0.15, 0.2) is 0 Å². The van der Waals surface area contributed by atoms with Crippen molar-refractivity contribution in [2.45, 2.75) is 27.7 Å². The largest absolute Gasteiger partial charge is 0.328 e. The molecule has 0 unspecified atom stereocenters. The van der Waals surface area contributed by atoms with Gasteiger partial charge in [-0.25, -0.2) is 0 Å². The predicted molar refractivity (Wildman–Crippen MR) is 78.0 cm³/mol. The van der Waals surface area contributed by atoms with Gasteiger partial charge in [-0.2, -0.15) is 0 Å². The van der Waals surface area contributed by atoms with E-state index >= 15 is 0 Å². The third kappa shape index (κ3) is 3.66. The summed E-state index contributed by atoms with van der Waals surface area (Å²) in [6.45, 7) is 7.20. The van der Waals surface area contributed by atoms with Crippen molar-refractivity contribution < 1.29 is 4.79 Å². The zero-order chi connectivity index (χ0) is 14.6. The van der Waals surface area contributed by atoms with E-state index in [9.17, 15) is 4.79 Å². The molecule has 0 saturated heterocycles. The fourth-order valence-electron chi connectivity index (χ4n) is 1.71. The minimum absolute atomic E-state index is 0.164. The lowest BCUT2D eigenvalue weighted by Gasteiger charge is -2.12. The number of nitrogens with two attached hydrogens (primary N) is 1. The molecule has 0 saturated carbocycles. The fourth-order valence-corrected chi connectivity index (χ4v) is 1.71. The number of hydrogen-bond donors (Lipinski definition) is 4. The Morgan fingerprint density at radius 3 is 2.32 bits per heavy atom. The molecule has 1 amide bonds. The number of carbonyl (C=O) groups excluding carboxylic acids is 1. The molecule has 0 heterocycles. The van der Waals surface area contributed by atoms with E-state index in [1.54, 1.807) is 13.8 Å². The lowest BCUT2D eigenvalue weighted by molar-refractivity contribution is -0.112. The summed E-state index contributed by atoms with van der Waals surface area (Å²) < 4.78 is 0. The van der Waals surface area contributed by atoms with Gasteiger partial charge in [0.25, 0.3) is 5.91 Å². The average Bonchev–Trinajstić information content (AvgIpc) is 2.33. The summed E-state index contributed by atoms with van der Waals surface area (Å²) in [5.74, 6) is 4.96. The van der Waals surface area contributed by atoms with E-state index < -0.39 is 0 Å². The van der Waals surface area contributed by atoms with E-state index in [4.69, 9.17) is 11.3 Å². The SMILES string of the molecule is CC(=N)/C(C(=O)Nc1ccc(C)c(C)c1)=C(\C)NN. The van der Waals surface area contributed by atoms with E-state index in [0.717, 1.165) is 11.1 Å². The van der Waals surface area contributed by atoms with Crippen molar-refractivity contribution in [3.05, 3.63) is 40.6 Å². The summed E-state index contributed by atoms with van der Waals surface area (Å²) in [6, 6.07) is 5.68.